The fourth-order valence-electron chi connectivity index (χ4n) is 3.37. The summed E-state index contributed by atoms with van der Waals surface area (Å²) >= 11 is 0. The number of aryl methyl sites for hydroxylation is 2. The number of anilines is 2. The van der Waals surface area contributed by atoms with E-state index in [9.17, 15) is 4.79 Å². The highest BCUT2D eigenvalue weighted by atomic mass is 16.2. The monoisotopic (exact) mass is 351 g/mol. The van der Waals surface area contributed by atoms with Crippen LogP contribution in [0, 0.1) is 13.8 Å². The normalized spacial score (nSPS) is 15.4. The molecule has 1 aromatic heterocycles. The van der Waals surface area contributed by atoms with Crippen LogP contribution in [0.2, 0.25) is 0 Å². The average molecular weight is 351 g/mol. The van der Waals surface area contributed by atoms with Crippen LogP contribution in [0.1, 0.15) is 72.3 Å². The number of amides is 1. The highest BCUT2D eigenvalue weighted by Gasteiger charge is 2.29. The molecule has 4 rings (SSSR count). The van der Waals surface area contributed by atoms with Gasteiger partial charge in [-0.3, -0.25) is 4.79 Å². The van der Waals surface area contributed by atoms with E-state index in [1.807, 2.05) is 37.8 Å². The second-order valence-electron chi connectivity index (χ2n) is 6.95. The largest absolute Gasteiger partial charge is 0.340 e. The van der Waals surface area contributed by atoms with Crippen molar-refractivity contribution in [2.45, 2.75) is 59.9 Å². The molecule has 1 aliphatic carbocycles. The molecule has 1 aromatic carbocycles. The Bertz CT molecular complexity index is 824. The lowest BCUT2D eigenvalue weighted by atomic mass is 10.0. The summed E-state index contributed by atoms with van der Waals surface area (Å²) in [5.41, 5.74) is 6.73. The minimum Gasteiger partial charge on any atom is -0.340 e. The van der Waals surface area contributed by atoms with E-state index in [1.165, 1.54) is 29.5 Å². The van der Waals surface area contributed by atoms with Crippen molar-refractivity contribution in [1.29, 1.82) is 0 Å². The van der Waals surface area contributed by atoms with Crippen molar-refractivity contribution in [1.82, 2.24) is 9.88 Å². The molecule has 2 aliphatic rings. The molecule has 2 aromatic rings. The molecule has 0 saturated heterocycles. The van der Waals surface area contributed by atoms with Crippen LogP contribution in [0.25, 0.3) is 0 Å². The number of carbonyl (C=O) groups is 1. The molecule has 0 atom stereocenters. The van der Waals surface area contributed by atoms with Crippen molar-refractivity contribution < 1.29 is 4.79 Å². The predicted octanol–water partition coefficient (Wildman–Crippen LogP) is 5.32. The van der Waals surface area contributed by atoms with Gasteiger partial charge in [0.15, 0.2) is 0 Å². The molecule has 26 heavy (non-hydrogen) atoms. The van der Waals surface area contributed by atoms with Gasteiger partial charge in [0.05, 0.1) is 0 Å². The topological polar surface area (TPSA) is 45.2 Å². The van der Waals surface area contributed by atoms with Gasteiger partial charge >= 0.3 is 0 Å². The average Bonchev–Trinajstić information content (AvgIpc) is 3.44. The van der Waals surface area contributed by atoms with E-state index in [0.29, 0.717) is 18.2 Å². The first-order chi connectivity index (χ1) is 12.6. The third-order valence-corrected chi connectivity index (χ3v) is 5.16. The van der Waals surface area contributed by atoms with Gasteiger partial charge in [0.25, 0.3) is 5.91 Å². The van der Waals surface area contributed by atoms with E-state index >= 15 is 0 Å². The van der Waals surface area contributed by atoms with Gasteiger partial charge in [0.1, 0.15) is 11.5 Å². The predicted molar refractivity (Wildman–Crippen MR) is 107 cm³/mol. The van der Waals surface area contributed by atoms with E-state index in [4.69, 9.17) is 0 Å². The highest BCUT2D eigenvalue weighted by molar-refractivity contribution is 5.96. The standard InChI is InChI=1S/C20H23N3O.C2H6/c1-4-23-11-15-7-8-18(22-19(15)20(23)24)21-17-10-13(3)12(2)9-16(17)14-5-6-14;1-2/h7-10,14H,4-6,11H2,1-3H3,(H,21,22);1-2H3. The molecule has 2 heterocycles. The van der Waals surface area contributed by atoms with E-state index in [1.54, 1.807) is 0 Å². The molecule has 1 amide bonds. The molecular weight excluding hydrogens is 322 g/mol. The zero-order valence-electron chi connectivity index (χ0n) is 16.5. The first-order valence-electron chi connectivity index (χ1n) is 9.74. The summed E-state index contributed by atoms with van der Waals surface area (Å²) < 4.78 is 0. The number of hydrogen-bond acceptors (Lipinski definition) is 3. The molecule has 1 aliphatic heterocycles. The summed E-state index contributed by atoms with van der Waals surface area (Å²) in [7, 11) is 0. The van der Waals surface area contributed by atoms with Crippen LogP contribution in [0.4, 0.5) is 11.5 Å². The first-order valence-corrected chi connectivity index (χ1v) is 9.74. The summed E-state index contributed by atoms with van der Waals surface area (Å²) in [6, 6.07) is 8.51. The van der Waals surface area contributed by atoms with Gasteiger partial charge in [-0.2, -0.15) is 0 Å². The number of carbonyl (C=O) groups excluding carboxylic acids is 1. The first kappa shape index (κ1) is 18.4. The van der Waals surface area contributed by atoms with E-state index in [-0.39, 0.29) is 5.91 Å². The maximum atomic E-state index is 12.4. The zero-order chi connectivity index (χ0) is 18.8. The summed E-state index contributed by atoms with van der Waals surface area (Å²) in [6.07, 6.45) is 2.53. The number of benzene rings is 1. The molecule has 1 N–H and O–H groups in total. The maximum absolute atomic E-state index is 12.4. The van der Waals surface area contributed by atoms with Gasteiger partial charge in [-0.15, -0.1) is 0 Å². The van der Waals surface area contributed by atoms with Gasteiger partial charge in [0, 0.05) is 24.3 Å². The van der Waals surface area contributed by atoms with Crippen molar-refractivity contribution in [3.8, 4) is 0 Å². The van der Waals surface area contributed by atoms with Crippen LogP contribution >= 0.6 is 0 Å². The lowest BCUT2D eigenvalue weighted by Crippen LogP contribution is -2.23. The van der Waals surface area contributed by atoms with Crippen LogP contribution in [-0.2, 0) is 6.54 Å². The molecule has 0 radical (unpaired) electrons. The lowest BCUT2D eigenvalue weighted by Gasteiger charge is -2.14. The highest BCUT2D eigenvalue weighted by Crippen LogP contribution is 2.44. The van der Waals surface area contributed by atoms with E-state index in [0.717, 1.165) is 23.6 Å². The van der Waals surface area contributed by atoms with Crippen LogP contribution in [0.5, 0.6) is 0 Å². The lowest BCUT2D eigenvalue weighted by molar-refractivity contribution is 0.0783. The van der Waals surface area contributed by atoms with Crippen molar-refractivity contribution >= 4 is 17.4 Å². The molecule has 1 saturated carbocycles. The summed E-state index contributed by atoms with van der Waals surface area (Å²) in [4.78, 5) is 18.8. The number of aromatic nitrogens is 1. The van der Waals surface area contributed by atoms with Crippen LogP contribution in [-0.4, -0.2) is 22.3 Å². The molecule has 4 heteroatoms. The van der Waals surface area contributed by atoms with Crippen molar-refractivity contribution in [3.05, 3.63) is 52.2 Å². The van der Waals surface area contributed by atoms with Crippen molar-refractivity contribution in [3.63, 3.8) is 0 Å². The molecule has 0 unspecified atom stereocenters. The van der Waals surface area contributed by atoms with Gasteiger partial charge in [-0.1, -0.05) is 26.0 Å². The Kier molecular flexibility index (Phi) is 5.30. The molecule has 1 fully saturated rings. The van der Waals surface area contributed by atoms with Crippen LogP contribution < -0.4 is 5.32 Å². The smallest absolute Gasteiger partial charge is 0.273 e. The van der Waals surface area contributed by atoms with Crippen LogP contribution in [0.15, 0.2) is 24.3 Å². The second-order valence-corrected chi connectivity index (χ2v) is 6.95. The number of hydrogen-bond donors (Lipinski definition) is 1. The summed E-state index contributed by atoms with van der Waals surface area (Å²) in [5.74, 6) is 1.46. The Hall–Kier alpha value is -2.36. The number of nitrogens with one attached hydrogen (secondary N) is 1. The van der Waals surface area contributed by atoms with Gasteiger partial charge < -0.3 is 10.2 Å². The molecule has 4 nitrogen and oxygen atoms in total. The zero-order valence-corrected chi connectivity index (χ0v) is 16.5. The molecule has 138 valence electrons. The maximum Gasteiger partial charge on any atom is 0.273 e. The SMILES string of the molecule is CC.CCN1Cc2ccc(Nc3cc(C)c(C)cc3C3CC3)nc2C1=O. The third kappa shape index (κ3) is 3.46. The fourth-order valence-corrected chi connectivity index (χ4v) is 3.37. The molecule has 0 spiro atoms. The van der Waals surface area contributed by atoms with Gasteiger partial charge in [-0.25, -0.2) is 4.98 Å². The number of nitrogens with zero attached hydrogens (tertiary/aromatic N) is 2. The third-order valence-electron chi connectivity index (χ3n) is 5.16. The Morgan fingerprint density at radius 1 is 1.15 bits per heavy atom. The molecule has 0 bridgehead atoms. The van der Waals surface area contributed by atoms with Gasteiger partial charge in [-0.05, 0) is 68.4 Å². The minimum atomic E-state index is 0.0404. The van der Waals surface area contributed by atoms with E-state index < -0.39 is 0 Å². The van der Waals surface area contributed by atoms with Crippen LogP contribution in [0.3, 0.4) is 0 Å². The number of rotatable bonds is 4. The van der Waals surface area contributed by atoms with Crippen molar-refractivity contribution in [2.24, 2.45) is 0 Å². The Morgan fingerprint density at radius 2 is 1.85 bits per heavy atom. The van der Waals surface area contributed by atoms with Gasteiger partial charge in [0.2, 0.25) is 0 Å². The molecular formula is C22H29N3O. The fraction of sp³-hybridized carbons (Fsp3) is 0.455. The van der Waals surface area contributed by atoms with E-state index in [2.05, 4.69) is 36.3 Å². The number of pyridine rings is 1. The number of fused-ring (bicyclic) bond motifs is 1. The van der Waals surface area contributed by atoms with Crippen molar-refractivity contribution in [2.75, 3.05) is 11.9 Å². The Morgan fingerprint density at radius 3 is 2.50 bits per heavy atom. The quantitative estimate of drug-likeness (QED) is 0.810. The second kappa shape index (κ2) is 7.48. The minimum absolute atomic E-state index is 0.0404. The summed E-state index contributed by atoms with van der Waals surface area (Å²) in [5, 5.41) is 3.46. The summed E-state index contributed by atoms with van der Waals surface area (Å²) in [6.45, 7) is 11.7. The Labute approximate surface area is 156 Å². The Balaban J connectivity index is 0.000000948.